The lowest BCUT2D eigenvalue weighted by atomic mass is 9.89. The van der Waals surface area contributed by atoms with E-state index in [1.807, 2.05) is 0 Å². The molecule has 1 atom stereocenters. The molecule has 32 heavy (non-hydrogen) atoms. The number of hydrazine groups is 1. The number of allylic oxidation sites excluding steroid dienone is 3. The molecule has 13 heteroatoms. The molecule has 7 nitrogen and oxygen atoms in total. The van der Waals surface area contributed by atoms with Gasteiger partial charge in [0.15, 0.2) is 5.84 Å². The van der Waals surface area contributed by atoms with E-state index >= 15 is 0 Å². The van der Waals surface area contributed by atoms with Crippen molar-refractivity contribution in [1.82, 2.24) is 15.9 Å². The minimum Gasteiger partial charge on any atom is -0.282 e. The van der Waals surface area contributed by atoms with Crippen LogP contribution in [0.4, 0.5) is 26.3 Å². The van der Waals surface area contributed by atoms with E-state index in [1.54, 1.807) is 12.3 Å². The van der Waals surface area contributed by atoms with Crippen molar-refractivity contribution in [2.75, 3.05) is 7.05 Å². The number of amidine groups is 1. The van der Waals surface area contributed by atoms with Crippen molar-refractivity contribution in [3.8, 4) is 0 Å². The van der Waals surface area contributed by atoms with Gasteiger partial charge in [0.25, 0.3) is 5.91 Å². The SMILES string of the molecule is C=N/C(=N\N(C)/C=C\C(=O)NNC1=CCCC=N1)C1=CC(C(F)(F)F)CC(C(F)(F)F)=C1. The molecule has 0 spiro atoms. The zero-order valence-electron chi connectivity index (χ0n) is 16.8. The number of halogens is 6. The van der Waals surface area contributed by atoms with Crippen LogP contribution in [-0.4, -0.2) is 49.1 Å². The number of hydrazone groups is 1. The zero-order chi connectivity index (χ0) is 23.9. The summed E-state index contributed by atoms with van der Waals surface area (Å²) >= 11 is 0. The Morgan fingerprint density at radius 1 is 1.28 bits per heavy atom. The van der Waals surface area contributed by atoms with E-state index < -0.39 is 47.6 Å². The third-order valence-electron chi connectivity index (χ3n) is 4.21. The fourth-order valence-corrected chi connectivity index (χ4v) is 2.65. The van der Waals surface area contributed by atoms with E-state index in [9.17, 15) is 31.1 Å². The molecule has 0 aromatic rings. The van der Waals surface area contributed by atoms with Crippen LogP contribution >= 0.6 is 0 Å². The maximum Gasteiger partial charge on any atom is 0.412 e. The van der Waals surface area contributed by atoms with Gasteiger partial charge in [-0.05, 0) is 38.1 Å². The molecule has 1 amide bonds. The minimum absolute atomic E-state index is 0.457. The molecular weight excluding hydrogens is 442 g/mol. The first-order valence-corrected chi connectivity index (χ1v) is 9.22. The van der Waals surface area contributed by atoms with Gasteiger partial charge in [-0.2, -0.15) is 31.4 Å². The molecule has 0 aromatic heterocycles. The Labute approximate surface area is 179 Å². The van der Waals surface area contributed by atoms with Crippen molar-refractivity contribution in [2.24, 2.45) is 21.0 Å². The highest BCUT2D eigenvalue weighted by atomic mass is 19.4. The fraction of sp³-hybridized carbons (Fsp3) is 0.368. The summed E-state index contributed by atoms with van der Waals surface area (Å²) in [5.41, 5.74) is 3.10. The standard InChI is InChI=1S/C19H20F6N6O/c1-26-17(12-9-13(18(20,21)22)11-14(10-12)19(23,24)25)30-31(2)8-6-16(32)29-28-15-5-3-4-7-27-15/h5-10,13,28H,1,3-4,11H2,2H3,(H,29,32)/b8-6-,30-17-. The van der Waals surface area contributed by atoms with Gasteiger partial charge in [0.1, 0.15) is 5.82 Å². The Balaban J connectivity index is 2.14. The molecule has 2 N–H and O–H groups in total. The predicted octanol–water partition coefficient (Wildman–Crippen LogP) is 3.77. The van der Waals surface area contributed by atoms with Crippen molar-refractivity contribution < 1.29 is 31.1 Å². The number of carbonyl (C=O) groups is 1. The molecule has 0 saturated heterocycles. The Bertz CT molecular complexity index is 910. The summed E-state index contributed by atoms with van der Waals surface area (Å²) in [6, 6.07) is 0. The number of nitrogens with zero attached hydrogens (tertiary/aromatic N) is 4. The van der Waals surface area contributed by atoms with Crippen LogP contribution in [0.5, 0.6) is 0 Å². The molecule has 0 fully saturated rings. The Hall–Kier alpha value is -3.38. The second-order valence-electron chi connectivity index (χ2n) is 6.71. The van der Waals surface area contributed by atoms with Gasteiger partial charge in [0.05, 0.1) is 5.92 Å². The minimum atomic E-state index is -4.94. The van der Waals surface area contributed by atoms with Crippen LogP contribution < -0.4 is 10.9 Å². The van der Waals surface area contributed by atoms with Crippen molar-refractivity contribution in [2.45, 2.75) is 31.6 Å². The quantitative estimate of drug-likeness (QED) is 0.207. The highest BCUT2D eigenvalue weighted by Gasteiger charge is 2.45. The molecule has 1 aliphatic heterocycles. The number of nitrogens with one attached hydrogen (secondary N) is 2. The molecule has 0 saturated carbocycles. The molecule has 1 aliphatic carbocycles. The molecule has 0 aromatic carbocycles. The molecule has 174 valence electrons. The van der Waals surface area contributed by atoms with Gasteiger partial charge in [-0.15, -0.1) is 0 Å². The van der Waals surface area contributed by atoms with Crippen LogP contribution in [0.1, 0.15) is 19.3 Å². The third-order valence-corrected chi connectivity index (χ3v) is 4.21. The molecule has 2 rings (SSSR count). The van der Waals surface area contributed by atoms with Gasteiger partial charge < -0.3 is 0 Å². The number of amides is 1. The summed E-state index contributed by atoms with van der Waals surface area (Å²) in [5.74, 6) is -2.96. The first kappa shape index (κ1) is 24.9. The van der Waals surface area contributed by atoms with E-state index in [4.69, 9.17) is 0 Å². The Morgan fingerprint density at radius 3 is 2.56 bits per heavy atom. The second-order valence-corrected chi connectivity index (χ2v) is 6.71. The van der Waals surface area contributed by atoms with Crippen LogP contribution in [0.15, 0.2) is 62.6 Å². The number of alkyl halides is 6. The Kier molecular flexibility index (Phi) is 8.00. The number of hydrogen-bond donors (Lipinski definition) is 2. The first-order chi connectivity index (χ1) is 14.9. The largest absolute Gasteiger partial charge is 0.412 e. The first-order valence-electron chi connectivity index (χ1n) is 9.22. The van der Waals surface area contributed by atoms with E-state index in [-0.39, 0.29) is 0 Å². The van der Waals surface area contributed by atoms with Gasteiger partial charge in [0, 0.05) is 36.7 Å². The summed E-state index contributed by atoms with van der Waals surface area (Å²) in [4.78, 5) is 19.3. The fourth-order valence-electron chi connectivity index (χ4n) is 2.65. The van der Waals surface area contributed by atoms with E-state index in [0.717, 1.165) is 30.1 Å². The molecule has 0 radical (unpaired) electrons. The van der Waals surface area contributed by atoms with Gasteiger partial charge in [-0.1, -0.05) is 6.08 Å². The second kappa shape index (κ2) is 10.3. The summed E-state index contributed by atoms with van der Waals surface area (Å²) in [7, 11) is 1.31. The van der Waals surface area contributed by atoms with Crippen molar-refractivity contribution in [3.05, 3.63) is 47.5 Å². The van der Waals surface area contributed by atoms with Crippen LogP contribution in [0.2, 0.25) is 0 Å². The summed E-state index contributed by atoms with van der Waals surface area (Å²) in [6.45, 7) is 3.17. The lowest BCUT2D eigenvalue weighted by Gasteiger charge is -2.25. The van der Waals surface area contributed by atoms with Crippen LogP contribution in [-0.2, 0) is 4.79 Å². The van der Waals surface area contributed by atoms with Crippen LogP contribution in [0, 0.1) is 5.92 Å². The normalized spacial score (nSPS) is 19.8. The van der Waals surface area contributed by atoms with Crippen LogP contribution in [0.25, 0.3) is 0 Å². The molecule has 1 unspecified atom stereocenters. The average molecular weight is 462 g/mol. The van der Waals surface area contributed by atoms with Crippen LogP contribution in [0.3, 0.4) is 0 Å². The molecule has 0 bridgehead atoms. The number of rotatable bonds is 6. The van der Waals surface area contributed by atoms with Crippen molar-refractivity contribution >= 4 is 24.7 Å². The number of hydrogen-bond acceptors (Lipinski definition) is 5. The smallest absolute Gasteiger partial charge is 0.282 e. The Morgan fingerprint density at radius 2 is 2.00 bits per heavy atom. The molecule has 1 heterocycles. The van der Waals surface area contributed by atoms with E-state index in [0.29, 0.717) is 18.0 Å². The number of aliphatic imine (C=N–C) groups is 2. The maximum atomic E-state index is 13.1. The highest BCUT2D eigenvalue weighted by Crippen LogP contribution is 2.41. The summed E-state index contributed by atoms with van der Waals surface area (Å²) < 4.78 is 78.6. The van der Waals surface area contributed by atoms with Gasteiger partial charge >= 0.3 is 12.4 Å². The predicted molar refractivity (Wildman–Crippen MR) is 107 cm³/mol. The molecular formula is C19H20F6N6O. The topological polar surface area (TPSA) is 81.5 Å². The lowest BCUT2D eigenvalue weighted by Crippen LogP contribution is -2.35. The molecule has 2 aliphatic rings. The lowest BCUT2D eigenvalue weighted by molar-refractivity contribution is -0.165. The van der Waals surface area contributed by atoms with E-state index in [1.165, 1.54) is 7.05 Å². The zero-order valence-corrected chi connectivity index (χ0v) is 16.8. The number of carbonyl (C=O) groups excluding carboxylic acids is 1. The van der Waals surface area contributed by atoms with Gasteiger partial charge in [0.2, 0.25) is 0 Å². The average Bonchev–Trinajstić information content (AvgIpc) is 2.73. The van der Waals surface area contributed by atoms with Gasteiger partial charge in [-0.3, -0.25) is 20.7 Å². The van der Waals surface area contributed by atoms with Crippen molar-refractivity contribution in [1.29, 1.82) is 0 Å². The highest BCUT2D eigenvalue weighted by molar-refractivity contribution is 6.03. The summed E-state index contributed by atoms with van der Waals surface area (Å²) in [5, 5.41) is 4.83. The van der Waals surface area contributed by atoms with Gasteiger partial charge in [-0.25, -0.2) is 9.98 Å². The maximum absolute atomic E-state index is 13.1. The van der Waals surface area contributed by atoms with Crippen molar-refractivity contribution in [3.63, 3.8) is 0 Å². The van der Waals surface area contributed by atoms with E-state index in [2.05, 4.69) is 32.7 Å². The monoisotopic (exact) mass is 462 g/mol. The summed E-state index contributed by atoms with van der Waals surface area (Å²) in [6.07, 6.45) is -2.68. The third kappa shape index (κ3) is 7.39.